The summed E-state index contributed by atoms with van der Waals surface area (Å²) < 4.78 is 0. The van der Waals surface area contributed by atoms with Gasteiger partial charge in [0.05, 0.1) is 0 Å². The standard InChI is InChI=1S/C13H24BrNO/c1-11(2)10-13(16)15(9-8-14)12-6-4-3-5-7-12/h11-12H,3-10H2,1-2H3. The molecule has 0 bridgehead atoms. The van der Waals surface area contributed by atoms with E-state index in [9.17, 15) is 4.79 Å². The molecule has 0 heterocycles. The van der Waals surface area contributed by atoms with Crippen molar-refractivity contribution in [3.63, 3.8) is 0 Å². The van der Waals surface area contributed by atoms with Crippen molar-refractivity contribution < 1.29 is 4.79 Å². The van der Waals surface area contributed by atoms with Crippen LogP contribution in [0.1, 0.15) is 52.4 Å². The number of carbonyl (C=O) groups excluding carboxylic acids is 1. The first-order chi connectivity index (χ1) is 7.65. The van der Waals surface area contributed by atoms with Gasteiger partial charge in [-0.2, -0.15) is 0 Å². The van der Waals surface area contributed by atoms with E-state index < -0.39 is 0 Å². The van der Waals surface area contributed by atoms with Crippen LogP contribution in [0.4, 0.5) is 0 Å². The van der Waals surface area contributed by atoms with Crippen molar-refractivity contribution >= 4 is 21.8 Å². The lowest BCUT2D eigenvalue weighted by Crippen LogP contribution is -2.42. The van der Waals surface area contributed by atoms with Crippen molar-refractivity contribution in [1.29, 1.82) is 0 Å². The normalized spacial score (nSPS) is 17.8. The minimum atomic E-state index is 0.348. The third kappa shape index (κ3) is 4.44. The Labute approximate surface area is 108 Å². The van der Waals surface area contributed by atoms with Gasteiger partial charge in [-0.1, -0.05) is 49.0 Å². The highest BCUT2D eigenvalue weighted by atomic mass is 79.9. The third-order valence-corrected chi connectivity index (χ3v) is 3.60. The third-order valence-electron chi connectivity index (χ3n) is 3.24. The van der Waals surface area contributed by atoms with Crippen LogP contribution in [0.3, 0.4) is 0 Å². The highest BCUT2D eigenvalue weighted by Crippen LogP contribution is 2.23. The van der Waals surface area contributed by atoms with E-state index in [1.165, 1.54) is 32.1 Å². The molecule has 1 saturated carbocycles. The molecule has 1 aliphatic rings. The molecule has 1 aliphatic carbocycles. The van der Waals surface area contributed by atoms with Crippen LogP contribution in [0.25, 0.3) is 0 Å². The van der Waals surface area contributed by atoms with Crippen LogP contribution in [-0.4, -0.2) is 28.7 Å². The first-order valence-corrected chi connectivity index (χ1v) is 7.62. The van der Waals surface area contributed by atoms with Gasteiger partial charge in [-0.3, -0.25) is 4.79 Å². The Morgan fingerprint density at radius 3 is 2.44 bits per heavy atom. The van der Waals surface area contributed by atoms with Crippen molar-refractivity contribution in [3.8, 4) is 0 Å². The molecular formula is C13H24BrNO. The Bertz CT molecular complexity index is 212. The Kier molecular flexibility index (Phi) is 6.40. The molecule has 0 saturated heterocycles. The lowest BCUT2D eigenvalue weighted by atomic mass is 9.93. The molecule has 1 amide bonds. The zero-order chi connectivity index (χ0) is 12.0. The molecule has 3 heteroatoms. The molecule has 0 spiro atoms. The van der Waals surface area contributed by atoms with Crippen molar-refractivity contribution in [2.24, 2.45) is 5.92 Å². The van der Waals surface area contributed by atoms with Crippen LogP contribution in [0.5, 0.6) is 0 Å². The summed E-state index contributed by atoms with van der Waals surface area (Å²) in [6.45, 7) is 5.10. The molecular weight excluding hydrogens is 266 g/mol. The van der Waals surface area contributed by atoms with Gasteiger partial charge in [-0.25, -0.2) is 0 Å². The number of rotatable bonds is 5. The molecule has 1 rings (SSSR count). The van der Waals surface area contributed by atoms with Crippen LogP contribution < -0.4 is 0 Å². The molecule has 1 fully saturated rings. The van der Waals surface area contributed by atoms with Crippen molar-refractivity contribution in [2.45, 2.75) is 58.4 Å². The molecule has 0 radical (unpaired) electrons. The van der Waals surface area contributed by atoms with Gasteiger partial charge >= 0.3 is 0 Å². The van der Waals surface area contributed by atoms with Crippen LogP contribution in [-0.2, 0) is 4.79 Å². The van der Waals surface area contributed by atoms with E-state index in [0.29, 0.717) is 24.3 Å². The van der Waals surface area contributed by atoms with Gasteiger partial charge in [-0.15, -0.1) is 0 Å². The number of hydrogen-bond acceptors (Lipinski definition) is 1. The molecule has 0 N–H and O–H groups in total. The van der Waals surface area contributed by atoms with Crippen LogP contribution in [0.15, 0.2) is 0 Å². The lowest BCUT2D eigenvalue weighted by molar-refractivity contribution is -0.134. The van der Waals surface area contributed by atoms with E-state index in [1.54, 1.807) is 0 Å². The SMILES string of the molecule is CC(C)CC(=O)N(CCBr)C1CCCCC1. The molecule has 0 aromatic heterocycles. The number of alkyl halides is 1. The minimum absolute atomic E-state index is 0.348. The number of hydrogen-bond donors (Lipinski definition) is 0. The van der Waals surface area contributed by atoms with E-state index >= 15 is 0 Å². The van der Waals surface area contributed by atoms with E-state index in [2.05, 4.69) is 34.7 Å². The zero-order valence-electron chi connectivity index (χ0n) is 10.5. The number of carbonyl (C=O) groups is 1. The highest BCUT2D eigenvalue weighted by molar-refractivity contribution is 9.09. The van der Waals surface area contributed by atoms with E-state index in [-0.39, 0.29) is 0 Å². The molecule has 16 heavy (non-hydrogen) atoms. The summed E-state index contributed by atoms with van der Waals surface area (Å²) in [7, 11) is 0. The Morgan fingerprint density at radius 1 is 1.31 bits per heavy atom. The predicted molar refractivity (Wildman–Crippen MR) is 71.8 cm³/mol. The zero-order valence-corrected chi connectivity index (χ0v) is 12.1. The topological polar surface area (TPSA) is 20.3 Å². The first-order valence-electron chi connectivity index (χ1n) is 6.50. The smallest absolute Gasteiger partial charge is 0.223 e. The van der Waals surface area contributed by atoms with Gasteiger partial charge in [0.2, 0.25) is 5.91 Å². The van der Waals surface area contributed by atoms with Gasteiger partial charge in [0.25, 0.3) is 0 Å². The average Bonchev–Trinajstić information content (AvgIpc) is 2.26. The van der Waals surface area contributed by atoms with Gasteiger partial charge in [0.15, 0.2) is 0 Å². The molecule has 2 nitrogen and oxygen atoms in total. The Balaban J connectivity index is 2.53. The summed E-state index contributed by atoms with van der Waals surface area (Å²) in [5, 5.41) is 0.896. The predicted octanol–water partition coefficient (Wildman–Crippen LogP) is 3.59. The van der Waals surface area contributed by atoms with E-state index in [4.69, 9.17) is 0 Å². The van der Waals surface area contributed by atoms with E-state index in [0.717, 1.165) is 11.9 Å². The van der Waals surface area contributed by atoms with Gasteiger partial charge in [-0.05, 0) is 18.8 Å². The number of halogens is 1. The maximum Gasteiger partial charge on any atom is 0.223 e. The second-order valence-electron chi connectivity index (χ2n) is 5.17. The largest absolute Gasteiger partial charge is 0.339 e. The first kappa shape index (κ1) is 14.0. The fourth-order valence-electron chi connectivity index (χ4n) is 2.46. The Hall–Kier alpha value is -0.0500. The number of amides is 1. The summed E-state index contributed by atoms with van der Waals surface area (Å²) in [4.78, 5) is 14.3. The monoisotopic (exact) mass is 289 g/mol. The van der Waals surface area contributed by atoms with Crippen molar-refractivity contribution in [3.05, 3.63) is 0 Å². The van der Waals surface area contributed by atoms with Gasteiger partial charge < -0.3 is 4.90 Å². The second-order valence-corrected chi connectivity index (χ2v) is 5.96. The Morgan fingerprint density at radius 2 is 1.94 bits per heavy atom. The van der Waals surface area contributed by atoms with Crippen LogP contribution in [0.2, 0.25) is 0 Å². The maximum absolute atomic E-state index is 12.1. The maximum atomic E-state index is 12.1. The van der Waals surface area contributed by atoms with Crippen molar-refractivity contribution in [1.82, 2.24) is 4.90 Å². The quantitative estimate of drug-likeness (QED) is 0.709. The fourth-order valence-corrected chi connectivity index (χ4v) is 2.84. The lowest BCUT2D eigenvalue weighted by Gasteiger charge is -2.34. The highest BCUT2D eigenvalue weighted by Gasteiger charge is 2.24. The molecule has 94 valence electrons. The summed E-state index contributed by atoms with van der Waals surface area (Å²) in [5.41, 5.74) is 0. The molecule has 0 aromatic carbocycles. The second kappa shape index (κ2) is 7.31. The molecule has 0 aliphatic heterocycles. The fraction of sp³-hybridized carbons (Fsp3) is 0.923. The van der Waals surface area contributed by atoms with E-state index in [1.807, 2.05) is 0 Å². The van der Waals surface area contributed by atoms with Crippen LogP contribution in [0, 0.1) is 5.92 Å². The minimum Gasteiger partial charge on any atom is -0.339 e. The summed E-state index contributed by atoms with van der Waals surface area (Å²) in [6, 6.07) is 0.512. The average molecular weight is 290 g/mol. The van der Waals surface area contributed by atoms with Crippen molar-refractivity contribution in [2.75, 3.05) is 11.9 Å². The molecule has 0 atom stereocenters. The van der Waals surface area contributed by atoms with Crippen LogP contribution >= 0.6 is 15.9 Å². The molecule has 0 aromatic rings. The van der Waals surface area contributed by atoms with Gasteiger partial charge in [0, 0.05) is 24.3 Å². The molecule has 0 unspecified atom stereocenters. The summed E-state index contributed by atoms with van der Waals surface area (Å²) >= 11 is 3.46. The summed E-state index contributed by atoms with van der Waals surface area (Å²) in [5.74, 6) is 0.815. The summed E-state index contributed by atoms with van der Waals surface area (Å²) in [6.07, 6.45) is 7.03. The van der Waals surface area contributed by atoms with Gasteiger partial charge in [0.1, 0.15) is 0 Å². The number of nitrogens with zero attached hydrogens (tertiary/aromatic N) is 1.